The van der Waals surface area contributed by atoms with Crippen molar-refractivity contribution in [2.45, 2.75) is 31.5 Å². The fraction of sp³-hybridized carbons (Fsp3) is 0.250. The molecule has 11 nitrogen and oxygen atoms in total. The Bertz CT molecular complexity index is 1280. The smallest absolute Gasteiger partial charge is 0.408 e. The first-order chi connectivity index (χ1) is 18.8. The molecular formula is C28H29N3O8. The average molecular weight is 536 g/mol. The number of rotatable bonds is 12. The van der Waals surface area contributed by atoms with Crippen molar-refractivity contribution in [3.8, 4) is 5.75 Å². The van der Waals surface area contributed by atoms with E-state index in [1.165, 1.54) is 26.4 Å². The summed E-state index contributed by atoms with van der Waals surface area (Å²) in [5.41, 5.74) is 1.65. The fourth-order valence-corrected chi connectivity index (χ4v) is 3.81. The van der Waals surface area contributed by atoms with E-state index in [9.17, 15) is 24.5 Å². The number of nitro groups is 1. The maximum Gasteiger partial charge on any atom is 0.408 e. The van der Waals surface area contributed by atoms with Crippen molar-refractivity contribution in [3.63, 3.8) is 0 Å². The number of methoxy groups -OCH3 is 2. The Labute approximate surface area is 225 Å². The topological polar surface area (TPSA) is 146 Å². The molecule has 0 radical (unpaired) electrons. The van der Waals surface area contributed by atoms with Crippen molar-refractivity contribution >= 4 is 23.7 Å². The molecule has 0 heterocycles. The Balaban J connectivity index is 1.77. The minimum atomic E-state index is -1.18. The van der Waals surface area contributed by atoms with Gasteiger partial charge in [0.1, 0.15) is 18.7 Å². The van der Waals surface area contributed by atoms with Crippen LogP contribution in [0.3, 0.4) is 0 Å². The highest BCUT2D eigenvalue weighted by Gasteiger charge is 2.29. The van der Waals surface area contributed by atoms with Gasteiger partial charge in [-0.05, 0) is 22.8 Å². The highest BCUT2D eigenvalue weighted by molar-refractivity contribution is 5.90. The number of carbonyl (C=O) groups is 3. The normalized spacial score (nSPS) is 11.9. The molecule has 3 aromatic carbocycles. The van der Waals surface area contributed by atoms with Crippen LogP contribution < -0.4 is 15.4 Å². The second-order valence-electron chi connectivity index (χ2n) is 8.50. The molecular weight excluding hydrogens is 506 g/mol. The lowest BCUT2D eigenvalue weighted by atomic mass is 10.0. The Hall–Kier alpha value is -4.93. The fourth-order valence-electron chi connectivity index (χ4n) is 3.81. The zero-order valence-corrected chi connectivity index (χ0v) is 21.5. The van der Waals surface area contributed by atoms with E-state index in [0.29, 0.717) is 5.56 Å². The minimum Gasteiger partial charge on any atom is -0.490 e. The van der Waals surface area contributed by atoms with Crippen LogP contribution in [-0.2, 0) is 38.5 Å². The van der Waals surface area contributed by atoms with Gasteiger partial charge in [0, 0.05) is 18.9 Å². The van der Waals surface area contributed by atoms with Gasteiger partial charge in [0.25, 0.3) is 0 Å². The molecule has 2 atom stereocenters. The summed E-state index contributed by atoms with van der Waals surface area (Å²) in [6.07, 6.45) is -0.787. The van der Waals surface area contributed by atoms with E-state index >= 15 is 0 Å². The summed E-state index contributed by atoms with van der Waals surface area (Å²) >= 11 is 0. The summed E-state index contributed by atoms with van der Waals surface area (Å²) in [6.45, 7) is 0.00733. The van der Waals surface area contributed by atoms with E-state index in [4.69, 9.17) is 14.2 Å². The monoisotopic (exact) mass is 535 g/mol. The molecule has 0 aromatic heterocycles. The number of alkyl carbamates (subject to hydrolysis) is 1. The number of amides is 2. The molecule has 11 heteroatoms. The number of nitrogens with zero attached hydrogens (tertiary/aromatic N) is 1. The first kappa shape index (κ1) is 28.6. The SMILES string of the molecule is COC(=O)[C@H](Cc1ccc(OC)c([N+](=O)[O-])c1)NC(=O)[C@H](Cc1ccccc1)NC(=O)OCc1ccccc1. The molecule has 0 bridgehead atoms. The summed E-state index contributed by atoms with van der Waals surface area (Å²) in [4.78, 5) is 49.3. The predicted octanol–water partition coefficient (Wildman–Crippen LogP) is 3.34. The Morgan fingerprint density at radius 3 is 2.03 bits per heavy atom. The average Bonchev–Trinajstić information content (AvgIpc) is 2.95. The molecule has 3 aromatic rings. The van der Waals surface area contributed by atoms with Gasteiger partial charge >= 0.3 is 17.7 Å². The second kappa shape index (κ2) is 14.1. The molecule has 0 aliphatic rings. The standard InChI is InChI=1S/C28H29N3O8/c1-37-25-14-13-21(17-24(25)31(35)36)16-23(27(33)38-2)29-26(32)22(15-19-9-5-3-6-10-19)30-28(34)39-18-20-11-7-4-8-12-20/h3-14,17,22-23H,15-16,18H2,1-2H3,(H,29,32)(H,30,34)/t22-,23-/m0/s1. The van der Waals surface area contributed by atoms with E-state index in [0.717, 1.165) is 11.1 Å². The number of hydrogen-bond donors (Lipinski definition) is 2. The number of benzene rings is 3. The molecule has 3 rings (SSSR count). The van der Waals surface area contributed by atoms with Crippen LogP contribution in [-0.4, -0.2) is 49.2 Å². The van der Waals surface area contributed by atoms with Crippen LogP contribution in [0.4, 0.5) is 10.5 Å². The number of hydrogen-bond acceptors (Lipinski definition) is 8. The van der Waals surface area contributed by atoms with Crippen molar-refractivity contribution in [2.24, 2.45) is 0 Å². The molecule has 0 saturated carbocycles. The summed E-state index contributed by atoms with van der Waals surface area (Å²) in [5, 5.41) is 16.6. The van der Waals surface area contributed by atoms with E-state index in [1.807, 2.05) is 24.3 Å². The molecule has 0 saturated heterocycles. The van der Waals surface area contributed by atoms with Gasteiger partial charge < -0.3 is 24.8 Å². The van der Waals surface area contributed by atoms with Gasteiger partial charge in [0.15, 0.2) is 5.75 Å². The second-order valence-corrected chi connectivity index (χ2v) is 8.50. The van der Waals surface area contributed by atoms with Gasteiger partial charge in [-0.2, -0.15) is 0 Å². The van der Waals surface area contributed by atoms with E-state index in [-0.39, 0.29) is 30.9 Å². The van der Waals surface area contributed by atoms with Crippen LogP contribution in [0.15, 0.2) is 78.9 Å². The maximum atomic E-state index is 13.3. The number of nitrogens with one attached hydrogen (secondary N) is 2. The summed E-state index contributed by atoms with van der Waals surface area (Å²) < 4.78 is 15.1. The zero-order chi connectivity index (χ0) is 28.2. The summed E-state index contributed by atoms with van der Waals surface area (Å²) in [6, 6.07) is 20.0. The molecule has 0 unspecified atom stereocenters. The quantitative estimate of drug-likeness (QED) is 0.204. The number of esters is 1. The van der Waals surface area contributed by atoms with Crippen molar-refractivity contribution in [1.82, 2.24) is 10.6 Å². The lowest BCUT2D eigenvalue weighted by Gasteiger charge is -2.22. The third kappa shape index (κ3) is 8.56. The van der Waals surface area contributed by atoms with Gasteiger partial charge in [-0.1, -0.05) is 66.7 Å². The summed E-state index contributed by atoms with van der Waals surface area (Å²) in [7, 11) is 2.48. The molecule has 0 aliphatic carbocycles. The summed E-state index contributed by atoms with van der Waals surface area (Å²) in [5.74, 6) is -1.36. The van der Waals surface area contributed by atoms with Crippen LogP contribution in [0.1, 0.15) is 16.7 Å². The first-order valence-corrected chi connectivity index (χ1v) is 12.0. The van der Waals surface area contributed by atoms with Crippen LogP contribution in [0.2, 0.25) is 0 Å². The zero-order valence-electron chi connectivity index (χ0n) is 21.5. The number of nitro benzene ring substituents is 1. The molecule has 0 fully saturated rings. The van der Waals surface area contributed by atoms with Gasteiger partial charge in [-0.3, -0.25) is 14.9 Å². The van der Waals surface area contributed by atoms with E-state index < -0.39 is 35.0 Å². The van der Waals surface area contributed by atoms with Gasteiger partial charge in [-0.15, -0.1) is 0 Å². The Morgan fingerprint density at radius 1 is 0.821 bits per heavy atom. The molecule has 39 heavy (non-hydrogen) atoms. The van der Waals surface area contributed by atoms with Crippen LogP contribution in [0.25, 0.3) is 0 Å². The van der Waals surface area contributed by atoms with Crippen molar-refractivity contribution in [2.75, 3.05) is 14.2 Å². The van der Waals surface area contributed by atoms with Gasteiger partial charge in [0.2, 0.25) is 5.91 Å². The van der Waals surface area contributed by atoms with Gasteiger partial charge in [-0.25, -0.2) is 9.59 Å². The lowest BCUT2D eigenvalue weighted by molar-refractivity contribution is -0.385. The van der Waals surface area contributed by atoms with Crippen molar-refractivity contribution in [3.05, 3.63) is 106 Å². The molecule has 204 valence electrons. The first-order valence-electron chi connectivity index (χ1n) is 12.0. The predicted molar refractivity (Wildman–Crippen MR) is 141 cm³/mol. The lowest BCUT2D eigenvalue weighted by Crippen LogP contribution is -2.53. The van der Waals surface area contributed by atoms with Crippen LogP contribution >= 0.6 is 0 Å². The molecule has 0 aliphatic heterocycles. The third-order valence-electron chi connectivity index (χ3n) is 5.79. The van der Waals surface area contributed by atoms with Crippen molar-refractivity contribution < 1.29 is 33.5 Å². The third-order valence-corrected chi connectivity index (χ3v) is 5.79. The highest BCUT2D eigenvalue weighted by atomic mass is 16.6. The highest BCUT2D eigenvalue weighted by Crippen LogP contribution is 2.28. The molecule has 0 spiro atoms. The van der Waals surface area contributed by atoms with Crippen LogP contribution in [0.5, 0.6) is 5.75 Å². The maximum absolute atomic E-state index is 13.3. The largest absolute Gasteiger partial charge is 0.490 e. The van der Waals surface area contributed by atoms with Crippen LogP contribution in [0, 0.1) is 10.1 Å². The Morgan fingerprint density at radius 2 is 1.44 bits per heavy atom. The van der Waals surface area contributed by atoms with E-state index in [1.54, 1.807) is 42.5 Å². The Kier molecular flexibility index (Phi) is 10.4. The molecule has 2 N–H and O–H groups in total. The van der Waals surface area contributed by atoms with E-state index in [2.05, 4.69) is 10.6 Å². The minimum absolute atomic E-state index is 0.00733. The van der Waals surface area contributed by atoms with Gasteiger partial charge in [0.05, 0.1) is 19.1 Å². The number of ether oxygens (including phenoxy) is 3. The number of carbonyl (C=O) groups excluding carboxylic acids is 3. The van der Waals surface area contributed by atoms with Crippen molar-refractivity contribution in [1.29, 1.82) is 0 Å². The molecule has 2 amide bonds.